The molecule has 1 saturated carbocycles. The lowest BCUT2D eigenvalue weighted by Crippen LogP contribution is -2.39. The fourth-order valence-corrected chi connectivity index (χ4v) is 1.26. The Bertz CT molecular complexity index is 239. The highest BCUT2D eigenvalue weighted by molar-refractivity contribution is 5.74. The van der Waals surface area contributed by atoms with Gasteiger partial charge in [0.2, 0.25) is 0 Å². The Balaban J connectivity index is 2.01. The number of carboxylic acids is 1. The maximum Gasteiger partial charge on any atom is 0.314 e. The number of amides is 2. The summed E-state index contributed by atoms with van der Waals surface area (Å²) in [6, 6.07) is -0.195. The molecule has 1 rings (SSSR count). The van der Waals surface area contributed by atoms with Crippen molar-refractivity contribution in [1.82, 2.24) is 10.6 Å². The number of carbonyl (C=O) groups excluding carboxylic acids is 1. The van der Waals surface area contributed by atoms with Gasteiger partial charge in [-0.15, -0.1) is 0 Å². The molecule has 15 heavy (non-hydrogen) atoms. The third kappa shape index (κ3) is 5.93. The van der Waals surface area contributed by atoms with E-state index >= 15 is 0 Å². The lowest BCUT2D eigenvalue weighted by molar-refractivity contribution is -0.137. The molecule has 86 valence electrons. The zero-order chi connectivity index (χ0) is 11.3. The summed E-state index contributed by atoms with van der Waals surface area (Å²) in [4.78, 5) is 21.5. The molecule has 5 nitrogen and oxygen atoms in total. The van der Waals surface area contributed by atoms with Crippen molar-refractivity contribution in [3.63, 3.8) is 0 Å². The summed E-state index contributed by atoms with van der Waals surface area (Å²) in [5.74, 6) is -0.205. The number of hydrogen-bond acceptors (Lipinski definition) is 2. The molecule has 0 spiro atoms. The summed E-state index contributed by atoms with van der Waals surface area (Å²) in [6.07, 6.45) is 2.49. The van der Waals surface area contributed by atoms with E-state index in [9.17, 15) is 9.59 Å². The molecular formula is C10H18N2O3. The van der Waals surface area contributed by atoms with E-state index in [1.54, 1.807) is 6.92 Å². The second-order valence-corrected chi connectivity index (χ2v) is 4.24. The SMILES string of the molecule is CC(CNC(=O)NCC1CC1)CC(=O)O. The van der Waals surface area contributed by atoms with Crippen molar-refractivity contribution in [2.75, 3.05) is 13.1 Å². The largest absolute Gasteiger partial charge is 0.481 e. The molecule has 0 aromatic heterocycles. The lowest BCUT2D eigenvalue weighted by Gasteiger charge is -2.11. The van der Waals surface area contributed by atoms with Crippen molar-refractivity contribution in [2.24, 2.45) is 11.8 Å². The predicted octanol–water partition coefficient (Wildman–Crippen LogP) is 0.806. The first-order chi connectivity index (χ1) is 7.08. The highest BCUT2D eigenvalue weighted by Gasteiger charge is 2.21. The van der Waals surface area contributed by atoms with E-state index in [1.165, 1.54) is 12.8 Å². The molecule has 1 unspecified atom stereocenters. The first-order valence-corrected chi connectivity index (χ1v) is 5.31. The van der Waals surface area contributed by atoms with Crippen molar-refractivity contribution >= 4 is 12.0 Å². The molecule has 3 N–H and O–H groups in total. The van der Waals surface area contributed by atoms with E-state index in [-0.39, 0.29) is 18.4 Å². The van der Waals surface area contributed by atoms with Gasteiger partial charge in [-0.25, -0.2) is 4.79 Å². The Morgan fingerprint density at radius 1 is 1.40 bits per heavy atom. The summed E-state index contributed by atoms with van der Waals surface area (Å²) >= 11 is 0. The maximum absolute atomic E-state index is 11.2. The molecule has 1 aliphatic carbocycles. The highest BCUT2D eigenvalue weighted by atomic mass is 16.4. The Kier molecular flexibility index (Phi) is 4.39. The smallest absolute Gasteiger partial charge is 0.314 e. The molecule has 1 atom stereocenters. The summed E-state index contributed by atoms with van der Waals surface area (Å²) in [5, 5.41) is 13.9. The predicted molar refractivity (Wildman–Crippen MR) is 55.5 cm³/mol. The summed E-state index contributed by atoms with van der Waals surface area (Å²) in [6.45, 7) is 2.94. The number of rotatable bonds is 6. The molecule has 1 aliphatic rings. The number of carboxylic acid groups (broad SMARTS) is 1. The molecule has 1 fully saturated rings. The zero-order valence-electron chi connectivity index (χ0n) is 8.95. The van der Waals surface area contributed by atoms with Gasteiger partial charge < -0.3 is 15.7 Å². The van der Waals surface area contributed by atoms with Gasteiger partial charge >= 0.3 is 12.0 Å². The van der Waals surface area contributed by atoms with Crippen LogP contribution in [0.5, 0.6) is 0 Å². The Hall–Kier alpha value is -1.26. The van der Waals surface area contributed by atoms with E-state index in [0.29, 0.717) is 12.5 Å². The molecule has 0 aliphatic heterocycles. The average molecular weight is 214 g/mol. The summed E-state index contributed by atoms with van der Waals surface area (Å²) < 4.78 is 0. The molecule has 2 amide bonds. The van der Waals surface area contributed by atoms with Crippen molar-refractivity contribution in [2.45, 2.75) is 26.2 Å². The number of nitrogens with one attached hydrogen (secondary N) is 2. The van der Waals surface area contributed by atoms with Gasteiger partial charge in [0.1, 0.15) is 0 Å². The average Bonchev–Trinajstić information content (AvgIpc) is 2.93. The van der Waals surface area contributed by atoms with Crippen LogP contribution in [0.25, 0.3) is 0 Å². The fourth-order valence-electron chi connectivity index (χ4n) is 1.26. The first kappa shape index (κ1) is 11.8. The molecular weight excluding hydrogens is 196 g/mol. The fraction of sp³-hybridized carbons (Fsp3) is 0.800. The van der Waals surface area contributed by atoms with E-state index in [4.69, 9.17) is 5.11 Å². The van der Waals surface area contributed by atoms with Crippen LogP contribution >= 0.6 is 0 Å². The van der Waals surface area contributed by atoms with E-state index < -0.39 is 5.97 Å². The second-order valence-electron chi connectivity index (χ2n) is 4.24. The van der Waals surface area contributed by atoms with Crippen LogP contribution in [0.1, 0.15) is 26.2 Å². The van der Waals surface area contributed by atoms with Crippen LogP contribution in [-0.2, 0) is 4.79 Å². The monoisotopic (exact) mass is 214 g/mol. The van der Waals surface area contributed by atoms with Crippen molar-refractivity contribution < 1.29 is 14.7 Å². The normalized spacial score (nSPS) is 16.9. The van der Waals surface area contributed by atoms with E-state index in [1.807, 2.05) is 0 Å². The van der Waals surface area contributed by atoms with Crippen LogP contribution in [0.2, 0.25) is 0 Å². The van der Waals surface area contributed by atoms with E-state index in [0.717, 1.165) is 6.54 Å². The number of urea groups is 1. The number of carbonyl (C=O) groups is 2. The number of hydrogen-bond donors (Lipinski definition) is 3. The van der Waals surface area contributed by atoms with Gasteiger partial charge in [-0.3, -0.25) is 4.79 Å². The molecule has 0 saturated heterocycles. The van der Waals surface area contributed by atoms with Gasteiger partial charge in [0.15, 0.2) is 0 Å². The minimum Gasteiger partial charge on any atom is -0.481 e. The Morgan fingerprint density at radius 3 is 2.60 bits per heavy atom. The van der Waals surface area contributed by atoms with Gasteiger partial charge in [-0.05, 0) is 24.7 Å². The first-order valence-electron chi connectivity index (χ1n) is 5.31. The zero-order valence-corrected chi connectivity index (χ0v) is 8.95. The van der Waals surface area contributed by atoms with Crippen LogP contribution in [0.15, 0.2) is 0 Å². The molecule has 0 aromatic carbocycles. The Labute approximate surface area is 89.2 Å². The second kappa shape index (κ2) is 5.58. The molecule has 5 heteroatoms. The van der Waals surface area contributed by atoms with Crippen LogP contribution in [0, 0.1) is 11.8 Å². The third-order valence-corrected chi connectivity index (χ3v) is 2.38. The van der Waals surface area contributed by atoms with Gasteiger partial charge in [0.25, 0.3) is 0 Å². The standard InChI is InChI=1S/C10H18N2O3/c1-7(4-9(13)14)5-11-10(15)12-6-8-2-3-8/h7-8H,2-6H2,1H3,(H,13,14)(H2,11,12,15). The van der Waals surface area contributed by atoms with Crippen LogP contribution < -0.4 is 10.6 Å². The van der Waals surface area contributed by atoms with Crippen LogP contribution in [-0.4, -0.2) is 30.2 Å². The van der Waals surface area contributed by atoms with Crippen LogP contribution in [0.3, 0.4) is 0 Å². The minimum absolute atomic E-state index is 0.0332. The molecule has 0 radical (unpaired) electrons. The molecule has 0 aromatic rings. The third-order valence-electron chi connectivity index (χ3n) is 2.38. The van der Waals surface area contributed by atoms with E-state index in [2.05, 4.69) is 10.6 Å². The van der Waals surface area contributed by atoms with Crippen molar-refractivity contribution in [1.29, 1.82) is 0 Å². The van der Waals surface area contributed by atoms with Gasteiger partial charge in [-0.2, -0.15) is 0 Å². The van der Waals surface area contributed by atoms with Gasteiger partial charge in [0.05, 0.1) is 0 Å². The summed E-state index contributed by atoms with van der Waals surface area (Å²) in [7, 11) is 0. The van der Waals surface area contributed by atoms with Gasteiger partial charge in [-0.1, -0.05) is 6.92 Å². The highest BCUT2D eigenvalue weighted by Crippen LogP contribution is 2.27. The van der Waals surface area contributed by atoms with Crippen molar-refractivity contribution in [3.05, 3.63) is 0 Å². The Morgan fingerprint density at radius 2 is 2.07 bits per heavy atom. The molecule has 0 bridgehead atoms. The number of aliphatic carboxylic acids is 1. The lowest BCUT2D eigenvalue weighted by atomic mass is 10.1. The van der Waals surface area contributed by atoms with Crippen LogP contribution in [0.4, 0.5) is 4.79 Å². The van der Waals surface area contributed by atoms with Crippen molar-refractivity contribution in [3.8, 4) is 0 Å². The maximum atomic E-state index is 11.2. The summed E-state index contributed by atoms with van der Waals surface area (Å²) in [5.41, 5.74) is 0. The topological polar surface area (TPSA) is 78.4 Å². The molecule has 0 heterocycles. The quantitative estimate of drug-likeness (QED) is 0.612. The minimum atomic E-state index is -0.831. The van der Waals surface area contributed by atoms with Gasteiger partial charge in [0, 0.05) is 19.5 Å².